The Morgan fingerprint density at radius 3 is 2.16 bits per heavy atom. The molecule has 0 atom stereocenters. The van der Waals surface area contributed by atoms with Crippen molar-refractivity contribution in [3.63, 3.8) is 0 Å². The average molecular weight is 429 g/mol. The Balaban J connectivity index is 1.49. The Morgan fingerprint density at radius 2 is 1.52 bits per heavy atom. The van der Waals surface area contributed by atoms with Crippen molar-refractivity contribution in [3.05, 3.63) is 35.3 Å². The summed E-state index contributed by atoms with van der Waals surface area (Å²) in [5.41, 5.74) is 0.231. The second-order valence-electron chi connectivity index (χ2n) is 7.71. The molecule has 0 bridgehead atoms. The number of fused-ring (bicyclic) bond motifs is 1. The molecule has 31 heavy (non-hydrogen) atoms. The average Bonchev–Trinajstić information content (AvgIpc) is 3.48. The summed E-state index contributed by atoms with van der Waals surface area (Å²) >= 11 is 0. The number of aromatic amines is 1. The molecule has 1 aromatic heterocycles. The summed E-state index contributed by atoms with van der Waals surface area (Å²) in [5, 5.41) is 2.38. The highest BCUT2D eigenvalue weighted by atomic mass is 19.1. The summed E-state index contributed by atoms with van der Waals surface area (Å²) in [4.78, 5) is 57.9. The van der Waals surface area contributed by atoms with E-state index < -0.39 is 23.4 Å². The number of likely N-dealkylation sites (tertiary alicyclic amines) is 1. The van der Waals surface area contributed by atoms with Crippen molar-refractivity contribution in [1.82, 2.24) is 25.0 Å². The second kappa shape index (κ2) is 8.37. The van der Waals surface area contributed by atoms with Crippen LogP contribution in [0.2, 0.25) is 0 Å². The van der Waals surface area contributed by atoms with Crippen LogP contribution >= 0.6 is 0 Å². The Bertz CT molecular complexity index is 1050. The fourth-order valence-electron chi connectivity index (χ4n) is 4.18. The zero-order valence-corrected chi connectivity index (χ0v) is 17.2. The molecular weight excluding hydrogens is 405 g/mol. The summed E-state index contributed by atoms with van der Waals surface area (Å²) in [5.74, 6) is -2.73. The van der Waals surface area contributed by atoms with Gasteiger partial charge in [0.25, 0.3) is 17.6 Å². The molecule has 4 rings (SSSR count). The number of hydrogen-bond acceptors (Lipinski definition) is 4. The normalized spacial score (nSPS) is 16.6. The number of H-pyrrole nitrogens is 1. The zero-order chi connectivity index (χ0) is 22.1. The van der Waals surface area contributed by atoms with Gasteiger partial charge in [0.2, 0.25) is 0 Å². The van der Waals surface area contributed by atoms with E-state index in [1.165, 1.54) is 24.2 Å². The number of aromatic nitrogens is 1. The van der Waals surface area contributed by atoms with Crippen LogP contribution in [-0.4, -0.2) is 89.6 Å². The third-order valence-corrected chi connectivity index (χ3v) is 5.91. The molecule has 3 heterocycles. The Morgan fingerprint density at radius 1 is 0.903 bits per heavy atom. The van der Waals surface area contributed by atoms with Crippen LogP contribution in [0.1, 0.15) is 33.6 Å². The maximum absolute atomic E-state index is 14.5. The first-order valence-corrected chi connectivity index (χ1v) is 10.3. The first-order chi connectivity index (χ1) is 14.9. The summed E-state index contributed by atoms with van der Waals surface area (Å²) in [7, 11) is 1.45. The SMILES string of the molecule is CNC(=O)c1ccc(F)c2c(C(=O)C(=O)N3CCN(C(=O)N4CCCC4)CC3)c[nH]c12. The number of halogens is 1. The third kappa shape index (κ3) is 3.73. The van der Waals surface area contributed by atoms with E-state index >= 15 is 0 Å². The molecule has 10 heteroatoms. The largest absolute Gasteiger partial charge is 0.360 e. The Hall–Kier alpha value is -3.43. The van der Waals surface area contributed by atoms with Crippen LogP contribution in [0, 0.1) is 5.82 Å². The molecule has 2 aliphatic heterocycles. The molecule has 0 spiro atoms. The lowest BCUT2D eigenvalue weighted by Crippen LogP contribution is -2.54. The van der Waals surface area contributed by atoms with Crippen LogP contribution in [0.25, 0.3) is 10.9 Å². The summed E-state index contributed by atoms with van der Waals surface area (Å²) in [6.07, 6.45) is 3.26. The van der Waals surface area contributed by atoms with E-state index in [1.807, 2.05) is 0 Å². The van der Waals surface area contributed by atoms with Gasteiger partial charge in [-0.05, 0) is 25.0 Å². The molecule has 0 radical (unpaired) electrons. The molecule has 9 nitrogen and oxygen atoms in total. The lowest BCUT2D eigenvalue weighted by Gasteiger charge is -2.36. The second-order valence-corrected chi connectivity index (χ2v) is 7.71. The number of piperazine rings is 1. The van der Waals surface area contributed by atoms with Gasteiger partial charge in [-0.15, -0.1) is 0 Å². The van der Waals surface area contributed by atoms with E-state index in [1.54, 1.807) is 9.80 Å². The van der Waals surface area contributed by atoms with Crippen LogP contribution < -0.4 is 5.32 Å². The first kappa shape index (κ1) is 20.8. The standard InChI is InChI=1S/C21H24FN5O4/c1-23-19(29)13-4-5-15(22)16-14(12-24-17(13)16)18(28)20(30)25-8-10-27(11-9-25)21(31)26-6-2-3-7-26/h4-5,12,24H,2-3,6-11H2,1H3,(H,23,29). The molecule has 2 N–H and O–H groups in total. The van der Waals surface area contributed by atoms with Gasteiger partial charge in [0, 0.05) is 57.9 Å². The van der Waals surface area contributed by atoms with Crippen molar-refractivity contribution < 1.29 is 23.6 Å². The van der Waals surface area contributed by atoms with Gasteiger partial charge in [0.1, 0.15) is 5.82 Å². The summed E-state index contributed by atoms with van der Waals surface area (Å²) < 4.78 is 14.5. The van der Waals surface area contributed by atoms with E-state index in [9.17, 15) is 23.6 Å². The number of ketones is 1. The molecular formula is C21H24FN5O4. The predicted octanol–water partition coefficient (Wildman–Crippen LogP) is 1.21. The van der Waals surface area contributed by atoms with E-state index in [2.05, 4.69) is 10.3 Å². The molecule has 2 aliphatic rings. The summed E-state index contributed by atoms with van der Waals surface area (Å²) in [6, 6.07) is 2.39. The molecule has 0 unspecified atom stereocenters. The molecule has 0 saturated carbocycles. The third-order valence-electron chi connectivity index (χ3n) is 5.91. The van der Waals surface area contributed by atoms with Crippen molar-refractivity contribution >= 4 is 34.5 Å². The van der Waals surface area contributed by atoms with Gasteiger partial charge in [-0.25, -0.2) is 9.18 Å². The summed E-state index contributed by atoms with van der Waals surface area (Å²) in [6.45, 7) is 2.66. The number of carbonyl (C=O) groups excluding carboxylic acids is 4. The number of urea groups is 1. The molecule has 2 saturated heterocycles. The number of carbonyl (C=O) groups is 4. The lowest BCUT2D eigenvalue weighted by molar-refractivity contribution is -0.127. The highest BCUT2D eigenvalue weighted by Crippen LogP contribution is 2.26. The smallest absolute Gasteiger partial charge is 0.320 e. The van der Waals surface area contributed by atoms with Crippen molar-refractivity contribution in [2.75, 3.05) is 46.3 Å². The number of amides is 4. The molecule has 4 amide bonds. The number of benzene rings is 1. The highest BCUT2D eigenvalue weighted by molar-refractivity contribution is 6.45. The molecule has 164 valence electrons. The van der Waals surface area contributed by atoms with Crippen LogP contribution in [0.5, 0.6) is 0 Å². The Labute approximate surface area is 178 Å². The van der Waals surface area contributed by atoms with Crippen molar-refractivity contribution in [2.45, 2.75) is 12.8 Å². The van der Waals surface area contributed by atoms with Gasteiger partial charge in [0.15, 0.2) is 0 Å². The highest BCUT2D eigenvalue weighted by Gasteiger charge is 2.32. The minimum atomic E-state index is -0.849. The fourth-order valence-corrected chi connectivity index (χ4v) is 4.18. The first-order valence-electron chi connectivity index (χ1n) is 10.3. The van der Waals surface area contributed by atoms with Crippen LogP contribution in [-0.2, 0) is 4.79 Å². The predicted molar refractivity (Wildman–Crippen MR) is 110 cm³/mol. The van der Waals surface area contributed by atoms with E-state index in [-0.39, 0.29) is 41.2 Å². The van der Waals surface area contributed by atoms with Crippen LogP contribution in [0.15, 0.2) is 18.3 Å². The van der Waals surface area contributed by atoms with Gasteiger partial charge in [-0.2, -0.15) is 0 Å². The molecule has 1 aromatic carbocycles. The van der Waals surface area contributed by atoms with Crippen LogP contribution in [0.3, 0.4) is 0 Å². The Kier molecular flexibility index (Phi) is 5.62. The fraction of sp³-hybridized carbons (Fsp3) is 0.429. The monoisotopic (exact) mass is 429 g/mol. The number of rotatable bonds is 3. The van der Waals surface area contributed by atoms with Crippen LogP contribution in [0.4, 0.5) is 9.18 Å². The minimum Gasteiger partial charge on any atom is -0.360 e. The van der Waals surface area contributed by atoms with Crippen molar-refractivity contribution in [1.29, 1.82) is 0 Å². The maximum atomic E-state index is 14.5. The van der Waals surface area contributed by atoms with Gasteiger partial charge in [-0.1, -0.05) is 0 Å². The zero-order valence-electron chi connectivity index (χ0n) is 17.2. The van der Waals surface area contributed by atoms with E-state index in [4.69, 9.17) is 0 Å². The lowest BCUT2D eigenvalue weighted by atomic mass is 10.0. The molecule has 2 fully saturated rings. The molecule has 0 aliphatic carbocycles. The number of hydrogen-bond donors (Lipinski definition) is 2. The van der Waals surface area contributed by atoms with Gasteiger partial charge in [-0.3, -0.25) is 14.4 Å². The van der Waals surface area contributed by atoms with Gasteiger partial charge < -0.3 is 25.0 Å². The van der Waals surface area contributed by atoms with E-state index in [0.29, 0.717) is 13.1 Å². The van der Waals surface area contributed by atoms with Crippen molar-refractivity contribution in [2.24, 2.45) is 0 Å². The maximum Gasteiger partial charge on any atom is 0.320 e. The minimum absolute atomic E-state index is 0.0312. The van der Waals surface area contributed by atoms with Crippen molar-refractivity contribution in [3.8, 4) is 0 Å². The number of Topliss-reactive ketones (excluding diaryl/α,β-unsaturated/α-hetero) is 1. The topological polar surface area (TPSA) is 106 Å². The quantitative estimate of drug-likeness (QED) is 0.565. The van der Waals surface area contributed by atoms with E-state index in [0.717, 1.165) is 32.0 Å². The molecule has 2 aromatic rings. The van der Waals surface area contributed by atoms with Gasteiger partial charge >= 0.3 is 6.03 Å². The number of nitrogens with one attached hydrogen (secondary N) is 2. The van der Waals surface area contributed by atoms with Gasteiger partial charge in [0.05, 0.1) is 16.6 Å². The number of nitrogens with zero attached hydrogens (tertiary/aromatic N) is 3.